The van der Waals surface area contributed by atoms with Gasteiger partial charge in [-0.25, -0.2) is 0 Å². The van der Waals surface area contributed by atoms with Gasteiger partial charge in [-0.15, -0.1) is 12.4 Å². The third-order valence-corrected chi connectivity index (χ3v) is 4.51. The number of piperidine rings is 1. The minimum atomic E-state index is 0. The lowest BCUT2D eigenvalue weighted by atomic mass is 9.92. The van der Waals surface area contributed by atoms with E-state index in [-0.39, 0.29) is 24.2 Å². The van der Waals surface area contributed by atoms with Crippen LogP contribution in [0.1, 0.15) is 19.8 Å². The van der Waals surface area contributed by atoms with Crippen molar-refractivity contribution in [2.45, 2.75) is 25.8 Å². The number of carbonyl (C=O) groups is 1. The highest BCUT2D eigenvalue weighted by atomic mass is 35.5. The van der Waals surface area contributed by atoms with Crippen LogP contribution >= 0.6 is 24.0 Å². The maximum Gasteiger partial charge on any atom is 0.227 e. The summed E-state index contributed by atoms with van der Waals surface area (Å²) in [5.41, 5.74) is 0.661. The molecule has 2 atom stereocenters. The number of carbonyl (C=O) groups excluding carboxylic acids is 1. The summed E-state index contributed by atoms with van der Waals surface area (Å²) in [5.74, 6) is 1.21. The summed E-state index contributed by atoms with van der Waals surface area (Å²) < 4.78 is 5.89. The van der Waals surface area contributed by atoms with Crippen molar-refractivity contribution in [1.29, 1.82) is 0 Å². The lowest BCUT2D eigenvalue weighted by Gasteiger charge is -2.27. The number of hydrogen-bond acceptors (Lipinski definition) is 3. The van der Waals surface area contributed by atoms with Gasteiger partial charge in [-0.3, -0.25) is 4.79 Å². The Morgan fingerprint density at radius 1 is 1.16 bits per heavy atom. The molecule has 0 unspecified atom stereocenters. The van der Waals surface area contributed by atoms with Crippen LogP contribution in [0, 0.1) is 5.92 Å². The molecule has 25 heavy (non-hydrogen) atoms. The second-order valence-electron chi connectivity index (χ2n) is 6.09. The minimum Gasteiger partial charge on any atom is -0.454 e. The summed E-state index contributed by atoms with van der Waals surface area (Å²) in [6, 6.07) is 15.1. The number of benzene rings is 2. The number of para-hydroxylation sites is 3. The summed E-state index contributed by atoms with van der Waals surface area (Å²) in [6.45, 7) is 2.98. The molecule has 0 saturated carbocycles. The van der Waals surface area contributed by atoms with Crippen molar-refractivity contribution < 1.29 is 9.53 Å². The Morgan fingerprint density at radius 3 is 2.56 bits per heavy atom. The van der Waals surface area contributed by atoms with Gasteiger partial charge in [-0.1, -0.05) is 35.9 Å². The number of hydrogen-bond donors (Lipinski definition) is 2. The fourth-order valence-corrected chi connectivity index (χ4v) is 3.08. The zero-order chi connectivity index (χ0) is 16.9. The maximum absolute atomic E-state index is 12.6. The monoisotopic (exact) mass is 380 g/mol. The first-order valence-corrected chi connectivity index (χ1v) is 8.57. The van der Waals surface area contributed by atoms with Crippen LogP contribution in [0.3, 0.4) is 0 Å². The quantitative estimate of drug-likeness (QED) is 0.794. The van der Waals surface area contributed by atoms with E-state index >= 15 is 0 Å². The van der Waals surface area contributed by atoms with E-state index in [1.54, 1.807) is 12.1 Å². The molecule has 1 aliphatic rings. The molecular weight excluding hydrogens is 359 g/mol. The van der Waals surface area contributed by atoms with E-state index in [4.69, 9.17) is 16.3 Å². The standard InChI is InChI=1S/C19H21ClN2O2.ClH/c1-13-12-14(10-11-21-13)19(23)22-16-7-3-5-9-18(16)24-17-8-4-2-6-15(17)20;/h2-9,13-14,21H,10-12H2,1H3,(H,22,23);1H/t13-,14-;/m0./s1. The largest absolute Gasteiger partial charge is 0.454 e. The molecule has 1 amide bonds. The highest BCUT2D eigenvalue weighted by Crippen LogP contribution is 2.33. The summed E-state index contributed by atoms with van der Waals surface area (Å²) >= 11 is 6.15. The predicted molar refractivity (Wildman–Crippen MR) is 104 cm³/mol. The molecule has 1 aliphatic heterocycles. The van der Waals surface area contributed by atoms with Crippen LogP contribution < -0.4 is 15.4 Å². The van der Waals surface area contributed by atoms with Crippen molar-refractivity contribution in [2.24, 2.45) is 5.92 Å². The molecule has 6 heteroatoms. The summed E-state index contributed by atoms with van der Waals surface area (Å²) in [7, 11) is 0. The van der Waals surface area contributed by atoms with Gasteiger partial charge in [0.05, 0.1) is 10.7 Å². The van der Waals surface area contributed by atoms with Gasteiger partial charge in [0.2, 0.25) is 5.91 Å². The van der Waals surface area contributed by atoms with Gasteiger partial charge < -0.3 is 15.4 Å². The maximum atomic E-state index is 12.6. The molecule has 2 N–H and O–H groups in total. The van der Waals surface area contributed by atoms with Gasteiger partial charge >= 0.3 is 0 Å². The first-order chi connectivity index (χ1) is 11.6. The van der Waals surface area contributed by atoms with E-state index in [1.807, 2.05) is 36.4 Å². The molecule has 0 aliphatic carbocycles. The zero-order valence-corrected chi connectivity index (χ0v) is 15.6. The van der Waals surface area contributed by atoms with E-state index in [1.165, 1.54) is 0 Å². The third kappa shape index (κ3) is 5.11. The Hall–Kier alpha value is -1.75. The van der Waals surface area contributed by atoms with Crippen LogP contribution in [0.15, 0.2) is 48.5 Å². The van der Waals surface area contributed by atoms with Crippen LogP contribution in [0.2, 0.25) is 5.02 Å². The summed E-state index contributed by atoms with van der Waals surface area (Å²) in [4.78, 5) is 12.6. The van der Waals surface area contributed by atoms with Gasteiger partial charge in [-0.2, -0.15) is 0 Å². The number of halogens is 2. The van der Waals surface area contributed by atoms with Crippen LogP contribution in [-0.4, -0.2) is 18.5 Å². The smallest absolute Gasteiger partial charge is 0.227 e. The van der Waals surface area contributed by atoms with Crippen LogP contribution in [-0.2, 0) is 4.79 Å². The topological polar surface area (TPSA) is 50.4 Å². The molecule has 0 aromatic heterocycles. The predicted octanol–water partition coefficient (Wildman–Crippen LogP) is 4.88. The number of nitrogens with one attached hydrogen (secondary N) is 2. The lowest BCUT2D eigenvalue weighted by Crippen LogP contribution is -2.40. The van der Waals surface area contributed by atoms with Crippen molar-refractivity contribution in [3.05, 3.63) is 53.6 Å². The molecule has 4 nitrogen and oxygen atoms in total. The van der Waals surface area contributed by atoms with Crippen molar-refractivity contribution in [3.8, 4) is 11.5 Å². The van der Waals surface area contributed by atoms with E-state index in [0.717, 1.165) is 19.4 Å². The van der Waals surface area contributed by atoms with Gasteiger partial charge in [0.15, 0.2) is 5.75 Å². The molecule has 0 bridgehead atoms. The molecule has 134 valence electrons. The van der Waals surface area contributed by atoms with E-state index in [9.17, 15) is 4.79 Å². The Morgan fingerprint density at radius 2 is 1.84 bits per heavy atom. The molecular formula is C19H22Cl2N2O2. The molecule has 2 aromatic rings. The first-order valence-electron chi connectivity index (χ1n) is 8.19. The fraction of sp³-hybridized carbons (Fsp3) is 0.316. The number of ether oxygens (including phenoxy) is 1. The highest BCUT2D eigenvalue weighted by Gasteiger charge is 2.25. The van der Waals surface area contributed by atoms with E-state index in [2.05, 4.69) is 17.6 Å². The van der Waals surface area contributed by atoms with E-state index in [0.29, 0.717) is 28.3 Å². The van der Waals surface area contributed by atoms with Gasteiger partial charge in [-0.05, 0) is 50.6 Å². The normalized spacial score (nSPS) is 19.6. The van der Waals surface area contributed by atoms with Crippen molar-refractivity contribution in [2.75, 3.05) is 11.9 Å². The van der Waals surface area contributed by atoms with Gasteiger partial charge in [0.25, 0.3) is 0 Å². The summed E-state index contributed by atoms with van der Waals surface area (Å²) in [6.07, 6.45) is 1.70. The molecule has 3 rings (SSSR count). The number of amides is 1. The molecule has 2 aromatic carbocycles. The number of rotatable bonds is 4. The molecule has 1 heterocycles. The number of anilines is 1. The average molecular weight is 381 g/mol. The van der Waals surface area contributed by atoms with Crippen molar-refractivity contribution in [1.82, 2.24) is 5.32 Å². The minimum absolute atomic E-state index is 0. The van der Waals surface area contributed by atoms with Crippen LogP contribution in [0.5, 0.6) is 11.5 Å². The molecule has 0 radical (unpaired) electrons. The SMILES string of the molecule is C[C@H]1C[C@@H](C(=O)Nc2ccccc2Oc2ccccc2Cl)CCN1.Cl. The summed E-state index contributed by atoms with van der Waals surface area (Å²) in [5, 5.41) is 6.90. The van der Waals surface area contributed by atoms with Crippen LogP contribution in [0.4, 0.5) is 5.69 Å². The Balaban J connectivity index is 0.00000225. The highest BCUT2D eigenvalue weighted by molar-refractivity contribution is 6.32. The lowest BCUT2D eigenvalue weighted by molar-refractivity contribution is -0.120. The molecule has 1 fully saturated rings. The third-order valence-electron chi connectivity index (χ3n) is 4.20. The fourth-order valence-electron chi connectivity index (χ4n) is 2.91. The Labute approximate surface area is 159 Å². The second-order valence-corrected chi connectivity index (χ2v) is 6.50. The van der Waals surface area contributed by atoms with Crippen LogP contribution in [0.25, 0.3) is 0 Å². The zero-order valence-electron chi connectivity index (χ0n) is 14.0. The van der Waals surface area contributed by atoms with Crippen molar-refractivity contribution >= 4 is 35.6 Å². The van der Waals surface area contributed by atoms with Crippen molar-refractivity contribution in [3.63, 3.8) is 0 Å². The van der Waals surface area contributed by atoms with Gasteiger partial charge in [0.1, 0.15) is 5.75 Å². The first kappa shape index (κ1) is 19.6. The second kappa shape index (κ2) is 9.09. The van der Waals surface area contributed by atoms with E-state index < -0.39 is 0 Å². The Kier molecular flexibility index (Phi) is 7.12. The average Bonchev–Trinajstić information content (AvgIpc) is 2.58. The molecule has 0 spiro atoms. The Bertz CT molecular complexity index is 724. The molecule has 1 saturated heterocycles. The van der Waals surface area contributed by atoms with Gasteiger partial charge in [0, 0.05) is 12.0 Å².